The zero-order valence-electron chi connectivity index (χ0n) is 15.9. The summed E-state index contributed by atoms with van der Waals surface area (Å²) in [4.78, 5) is 0. The van der Waals surface area contributed by atoms with Crippen LogP contribution >= 0.6 is 8.02 Å². The van der Waals surface area contributed by atoms with E-state index < -0.39 is 8.02 Å². The maximum atomic E-state index is 7.50. The number of nitrogens with zero attached hydrogens (tertiary/aromatic N) is 2. The van der Waals surface area contributed by atoms with Crippen molar-refractivity contribution in [2.75, 3.05) is 23.4 Å². The first kappa shape index (κ1) is 24.6. The van der Waals surface area contributed by atoms with Crippen LogP contribution in [0.2, 0.25) is 0 Å². The van der Waals surface area contributed by atoms with Crippen LogP contribution in [0.1, 0.15) is 0 Å². The van der Waals surface area contributed by atoms with Gasteiger partial charge in [0.25, 0.3) is 0 Å². The van der Waals surface area contributed by atoms with Crippen molar-refractivity contribution >= 4 is 19.4 Å². The molecule has 0 N–H and O–H groups in total. The molecule has 29 heavy (non-hydrogen) atoms. The first-order chi connectivity index (χ1) is 13.7. The molecule has 5 rings (SSSR count). The van der Waals surface area contributed by atoms with Gasteiger partial charge >= 0.3 is 135 Å². The summed E-state index contributed by atoms with van der Waals surface area (Å²) in [6, 6.07) is 16.1. The Morgan fingerprint density at radius 2 is 1.07 bits per heavy atom. The number of allylic oxidation sites excluding steroid dienone is 4. The van der Waals surface area contributed by atoms with Crippen molar-refractivity contribution in [3.05, 3.63) is 92.6 Å². The molecule has 2 aliphatic heterocycles. The first-order valence-electron chi connectivity index (χ1n) is 8.33. The topological polar surface area (TPSA) is 64.7 Å². The van der Waals surface area contributed by atoms with E-state index in [1.54, 1.807) is 0 Å². The Morgan fingerprint density at radius 1 is 0.690 bits per heavy atom. The zero-order valence-corrected chi connectivity index (χ0v) is 18.0. The van der Waals surface area contributed by atoms with Crippen LogP contribution in [-0.4, -0.2) is 14.1 Å². The van der Waals surface area contributed by atoms with Crippen molar-refractivity contribution in [3.63, 3.8) is 0 Å². The van der Waals surface area contributed by atoms with Crippen molar-refractivity contribution in [1.82, 2.24) is 0 Å². The summed E-state index contributed by atoms with van der Waals surface area (Å²) in [6.45, 7) is 9.00. The van der Waals surface area contributed by atoms with Crippen molar-refractivity contribution in [2.24, 2.45) is 0 Å². The Hall–Kier alpha value is -2.45. The van der Waals surface area contributed by atoms with Crippen molar-refractivity contribution < 1.29 is 35.4 Å². The predicted molar refractivity (Wildman–Crippen MR) is 110 cm³/mol. The summed E-state index contributed by atoms with van der Waals surface area (Å²) in [5.74, 6) is 1.80. The number of benzene rings is 2. The normalized spacial score (nSPS) is 16.1. The third-order valence-electron chi connectivity index (χ3n) is 4.34. The average molecular weight is 451 g/mol. The molecule has 2 aromatic carbocycles. The largest absolute Gasteiger partial charge is 0.0767 e. The number of para-hydroxylation sites is 4. The zero-order chi connectivity index (χ0) is 20.6. The number of rotatable bonds is 0. The standard InChI is InChI=1S/C14H15N2O2P.C5H5.2CO.Fe/c1-15-11-7-3-5-9-13(11)17-19(15)16(2)12-8-4-6-10-14(12)18-19;1-2-4-5-3-1;2*1-2;/h3-10,19H,1-2H3;1-5H;;;. The summed E-state index contributed by atoms with van der Waals surface area (Å²) in [7, 11) is 1.47. The Kier molecular flexibility index (Phi) is 9.77. The summed E-state index contributed by atoms with van der Waals surface area (Å²) in [6.07, 6.45) is 10.0. The Labute approximate surface area is 182 Å². The molecule has 2 aromatic rings. The van der Waals surface area contributed by atoms with Gasteiger partial charge in [0.1, 0.15) is 0 Å². The van der Waals surface area contributed by atoms with Crippen LogP contribution in [0.3, 0.4) is 0 Å². The van der Waals surface area contributed by atoms with Gasteiger partial charge in [0.15, 0.2) is 0 Å². The molecule has 8 heteroatoms. The van der Waals surface area contributed by atoms with E-state index in [0.29, 0.717) is 0 Å². The molecule has 0 aromatic heterocycles. The molecule has 151 valence electrons. The van der Waals surface area contributed by atoms with Crippen LogP contribution in [-0.2, 0) is 26.4 Å². The van der Waals surface area contributed by atoms with Crippen molar-refractivity contribution in [2.45, 2.75) is 0 Å². The molecule has 1 radical (unpaired) electrons. The molecule has 3 aliphatic rings. The van der Waals surface area contributed by atoms with Crippen LogP contribution in [0, 0.1) is 19.7 Å². The van der Waals surface area contributed by atoms with Gasteiger partial charge in [-0.05, 0) is 0 Å². The molecule has 6 nitrogen and oxygen atoms in total. The summed E-state index contributed by atoms with van der Waals surface area (Å²) >= 11 is 0. The second kappa shape index (κ2) is 11.5. The van der Waals surface area contributed by atoms with E-state index >= 15 is 0 Å². The minimum absolute atomic E-state index is 0. The smallest absolute Gasteiger partial charge is 0.00506 e. The van der Waals surface area contributed by atoms with Crippen LogP contribution in [0.15, 0.2) is 72.8 Å². The number of anilines is 2. The van der Waals surface area contributed by atoms with E-state index in [1.165, 1.54) is 0 Å². The van der Waals surface area contributed by atoms with Gasteiger partial charge in [-0.15, -0.1) is 0 Å². The van der Waals surface area contributed by atoms with Crippen LogP contribution in [0.25, 0.3) is 0 Å². The number of fused-ring (bicyclic) bond motifs is 2. The number of hydrogen-bond donors (Lipinski definition) is 0. The van der Waals surface area contributed by atoms with Gasteiger partial charge in [0, 0.05) is 23.5 Å². The van der Waals surface area contributed by atoms with E-state index in [-0.39, 0.29) is 17.1 Å². The maximum absolute atomic E-state index is 7.50. The molecule has 0 saturated heterocycles. The molecular weight excluding hydrogens is 431 g/mol. The summed E-state index contributed by atoms with van der Waals surface area (Å²) in [5.41, 5.74) is 2.18. The molecule has 0 amide bonds. The maximum Gasteiger partial charge on any atom is 0.00506 e. The summed E-state index contributed by atoms with van der Waals surface area (Å²) in [5, 5.41) is 0. The Balaban J connectivity index is 0.000000360. The van der Waals surface area contributed by atoms with E-state index in [1.807, 2.05) is 81.2 Å². The summed E-state index contributed by atoms with van der Waals surface area (Å²) < 4.78 is 31.8. The predicted octanol–water partition coefficient (Wildman–Crippen LogP) is 4.69. The van der Waals surface area contributed by atoms with E-state index in [9.17, 15) is 0 Å². The quantitative estimate of drug-likeness (QED) is 0.252. The second-order valence-corrected chi connectivity index (χ2v) is 8.62. The van der Waals surface area contributed by atoms with Gasteiger partial charge in [-0.3, -0.25) is 0 Å². The third-order valence-corrected chi connectivity index (χ3v) is 7.49. The van der Waals surface area contributed by atoms with Crippen LogP contribution in [0.4, 0.5) is 11.4 Å². The molecular formula is C21H20FeN2O4P. The minimum Gasteiger partial charge on any atom is -0.0767 e. The van der Waals surface area contributed by atoms with Crippen molar-refractivity contribution in [3.8, 4) is 11.5 Å². The van der Waals surface area contributed by atoms with Gasteiger partial charge < -0.3 is 0 Å². The van der Waals surface area contributed by atoms with Gasteiger partial charge in [0.05, 0.1) is 0 Å². The number of hydrogen-bond acceptors (Lipinski definition) is 4. The fraction of sp³-hybridized carbons (Fsp3) is 0.0952. The molecule has 1 aliphatic carbocycles. The van der Waals surface area contributed by atoms with Crippen molar-refractivity contribution in [1.29, 1.82) is 0 Å². The molecule has 0 bridgehead atoms. The van der Waals surface area contributed by atoms with Gasteiger partial charge in [0.2, 0.25) is 0 Å². The fourth-order valence-electron chi connectivity index (χ4n) is 3.07. The Bertz CT molecular complexity index is 840. The monoisotopic (exact) mass is 451 g/mol. The SMILES string of the molecule is CN1c2ccccc2O[PH]12Oc1ccccc1N2C.[C-]#[O+].[C-]#[O+].[CH]1C=CC=C1.[Fe]. The molecule has 0 atom stereocenters. The minimum atomic E-state index is -2.62. The molecule has 0 saturated carbocycles. The first-order valence-corrected chi connectivity index (χ1v) is 10.0. The molecule has 0 fully saturated rings. The van der Waals surface area contributed by atoms with Crippen LogP contribution < -0.4 is 18.4 Å². The molecule has 0 unspecified atom stereocenters. The van der Waals surface area contributed by atoms with E-state index in [0.717, 1.165) is 22.9 Å². The van der Waals surface area contributed by atoms with Gasteiger partial charge in [-0.1, -0.05) is 24.3 Å². The van der Waals surface area contributed by atoms with E-state index in [2.05, 4.69) is 34.8 Å². The fourth-order valence-corrected chi connectivity index (χ4v) is 6.01. The average Bonchev–Trinajstić information content (AvgIpc) is 3.49. The second-order valence-electron chi connectivity index (χ2n) is 5.77. The Morgan fingerprint density at radius 3 is 1.38 bits per heavy atom. The van der Waals surface area contributed by atoms with E-state index in [4.69, 9.17) is 18.4 Å². The van der Waals surface area contributed by atoms with Crippen LogP contribution in [0.5, 0.6) is 11.5 Å². The van der Waals surface area contributed by atoms with Gasteiger partial charge in [-0.25, -0.2) is 0 Å². The third kappa shape index (κ3) is 4.76. The molecule has 2 heterocycles. The van der Waals surface area contributed by atoms with Gasteiger partial charge in [-0.2, -0.15) is 0 Å². The molecule has 1 spiro atoms.